The van der Waals surface area contributed by atoms with Gasteiger partial charge in [-0.25, -0.2) is 0 Å². The van der Waals surface area contributed by atoms with Gasteiger partial charge in [0.15, 0.2) is 12.6 Å². The van der Waals surface area contributed by atoms with Crippen molar-refractivity contribution in [1.82, 2.24) is 0 Å². The zero-order valence-electron chi connectivity index (χ0n) is 17.5. The fraction of sp³-hybridized carbons (Fsp3) is 0.700. The Labute approximate surface area is 176 Å². The molecule has 170 valence electrons. The van der Waals surface area contributed by atoms with E-state index < -0.39 is 44.1 Å². The van der Waals surface area contributed by atoms with Crippen LogP contribution in [0.5, 0.6) is 0 Å². The van der Waals surface area contributed by atoms with E-state index in [1.165, 1.54) is 7.11 Å². The van der Waals surface area contributed by atoms with Crippen LogP contribution in [0.2, 0.25) is 0 Å². The lowest BCUT2D eigenvalue weighted by molar-refractivity contribution is -0.384. The maximum Gasteiger partial charge on any atom is 0.330 e. The van der Waals surface area contributed by atoms with E-state index in [-0.39, 0.29) is 32.4 Å². The Kier molecular flexibility index (Phi) is 8.06. The van der Waals surface area contributed by atoms with E-state index in [1.54, 1.807) is 13.8 Å². The number of hydrogen-bond donors (Lipinski definition) is 2. The van der Waals surface area contributed by atoms with Crippen LogP contribution in [0.25, 0.3) is 0 Å². The summed E-state index contributed by atoms with van der Waals surface area (Å²) in [5, 5.41) is 22.4. The Bertz CT molecular complexity index is 707. The summed E-state index contributed by atoms with van der Waals surface area (Å²) in [5.74, 6) is 0. The van der Waals surface area contributed by atoms with Crippen molar-refractivity contribution >= 4 is 7.60 Å². The summed E-state index contributed by atoms with van der Waals surface area (Å²) in [5.41, 5.74) is -1.04. The standard InChI is InChI=1S/C20H31O9P/c1-4-26-30(23,27-5-2)12-11-20(22)16(21)19(24-3)28-15-13-25-18(29-17(15)20)14-9-7-6-8-10-14/h6-10,15-19,21-22H,4-5,11-13H2,1-3H3/t15?,16?,17-,18?,19+,20?/m1/s1. The molecular weight excluding hydrogens is 415 g/mol. The summed E-state index contributed by atoms with van der Waals surface area (Å²) in [6.07, 6.45) is -5.07. The van der Waals surface area contributed by atoms with Gasteiger partial charge in [-0.2, -0.15) is 0 Å². The normalized spacial score (nSPS) is 34.5. The average Bonchev–Trinajstić information content (AvgIpc) is 2.76. The van der Waals surface area contributed by atoms with Gasteiger partial charge in [0.2, 0.25) is 0 Å². The Morgan fingerprint density at radius 1 is 1.17 bits per heavy atom. The first-order valence-electron chi connectivity index (χ1n) is 10.2. The zero-order valence-corrected chi connectivity index (χ0v) is 18.4. The lowest BCUT2D eigenvalue weighted by atomic mass is 9.81. The molecule has 1 aromatic carbocycles. The molecule has 0 bridgehead atoms. The molecule has 0 radical (unpaired) electrons. The number of aliphatic hydroxyl groups is 2. The summed E-state index contributed by atoms with van der Waals surface area (Å²) < 4.78 is 46.4. The maximum atomic E-state index is 12.9. The van der Waals surface area contributed by atoms with Gasteiger partial charge in [0.1, 0.15) is 23.9 Å². The topological polar surface area (TPSA) is 113 Å². The van der Waals surface area contributed by atoms with Crippen molar-refractivity contribution in [2.24, 2.45) is 0 Å². The molecule has 9 nitrogen and oxygen atoms in total. The van der Waals surface area contributed by atoms with Crippen LogP contribution >= 0.6 is 7.60 Å². The van der Waals surface area contributed by atoms with Gasteiger partial charge in [-0.05, 0) is 20.3 Å². The van der Waals surface area contributed by atoms with E-state index in [1.807, 2.05) is 30.3 Å². The van der Waals surface area contributed by atoms with Crippen LogP contribution in [0, 0.1) is 0 Å². The molecule has 0 saturated carbocycles. The summed E-state index contributed by atoms with van der Waals surface area (Å²) in [4.78, 5) is 0. The van der Waals surface area contributed by atoms with Crippen molar-refractivity contribution in [3.05, 3.63) is 35.9 Å². The van der Waals surface area contributed by atoms with E-state index in [2.05, 4.69) is 0 Å². The smallest absolute Gasteiger partial charge is 0.330 e. The van der Waals surface area contributed by atoms with Crippen molar-refractivity contribution in [2.45, 2.75) is 56.8 Å². The highest BCUT2D eigenvalue weighted by Crippen LogP contribution is 2.51. The van der Waals surface area contributed by atoms with Gasteiger partial charge in [-0.15, -0.1) is 0 Å². The van der Waals surface area contributed by atoms with Crippen molar-refractivity contribution in [3.8, 4) is 0 Å². The van der Waals surface area contributed by atoms with Crippen LogP contribution < -0.4 is 0 Å². The first kappa shape index (κ1) is 23.8. The fourth-order valence-electron chi connectivity index (χ4n) is 3.87. The first-order valence-corrected chi connectivity index (χ1v) is 11.9. The molecule has 0 amide bonds. The number of aliphatic hydroxyl groups excluding tert-OH is 1. The van der Waals surface area contributed by atoms with Crippen LogP contribution in [0.3, 0.4) is 0 Å². The van der Waals surface area contributed by atoms with Gasteiger partial charge in [-0.1, -0.05) is 30.3 Å². The third-order valence-electron chi connectivity index (χ3n) is 5.33. The average molecular weight is 446 g/mol. The van der Waals surface area contributed by atoms with Crippen molar-refractivity contribution in [3.63, 3.8) is 0 Å². The molecule has 2 aliphatic heterocycles. The van der Waals surface area contributed by atoms with Crippen LogP contribution in [-0.2, 0) is 32.6 Å². The van der Waals surface area contributed by atoms with E-state index >= 15 is 0 Å². The second-order valence-corrected chi connectivity index (χ2v) is 9.45. The minimum atomic E-state index is -3.44. The number of benzene rings is 1. The number of hydrogen-bond acceptors (Lipinski definition) is 9. The molecule has 30 heavy (non-hydrogen) atoms. The Morgan fingerprint density at radius 3 is 2.43 bits per heavy atom. The molecule has 4 unspecified atom stereocenters. The lowest BCUT2D eigenvalue weighted by Crippen LogP contribution is -2.69. The number of ether oxygens (including phenoxy) is 4. The molecule has 3 rings (SSSR count). The first-order chi connectivity index (χ1) is 14.4. The summed E-state index contributed by atoms with van der Waals surface area (Å²) in [6.45, 7) is 3.97. The molecule has 0 spiro atoms. The van der Waals surface area contributed by atoms with Gasteiger partial charge >= 0.3 is 7.60 Å². The predicted molar refractivity (Wildman–Crippen MR) is 107 cm³/mol. The predicted octanol–water partition coefficient (Wildman–Crippen LogP) is 2.22. The maximum absolute atomic E-state index is 12.9. The van der Waals surface area contributed by atoms with E-state index in [4.69, 9.17) is 28.0 Å². The molecule has 0 aliphatic carbocycles. The van der Waals surface area contributed by atoms with Crippen molar-refractivity contribution in [2.75, 3.05) is 33.1 Å². The molecule has 6 atom stereocenters. The van der Waals surface area contributed by atoms with Gasteiger partial charge < -0.3 is 38.2 Å². The molecule has 2 heterocycles. The highest BCUT2D eigenvalue weighted by Gasteiger charge is 2.59. The molecular formula is C20H31O9P. The van der Waals surface area contributed by atoms with E-state index in [9.17, 15) is 14.8 Å². The number of fused-ring (bicyclic) bond motifs is 1. The van der Waals surface area contributed by atoms with E-state index in [0.717, 1.165) is 5.56 Å². The second-order valence-electron chi connectivity index (χ2n) is 7.27. The highest BCUT2D eigenvalue weighted by atomic mass is 31.2. The van der Waals surface area contributed by atoms with Gasteiger partial charge in [0.25, 0.3) is 0 Å². The third-order valence-corrected chi connectivity index (χ3v) is 7.41. The Morgan fingerprint density at radius 2 is 1.83 bits per heavy atom. The summed E-state index contributed by atoms with van der Waals surface area (Å²) in [6, 6.07) is 9.28. The Hall–Kier alpha value is -0.870. The molecule has 2 N–H and O–H groups in total. The quantitative estimate of drug-likeness (QED) is 0.551. The molecule has 10 heteroatoms. The fourth-order valence-corrected chi connectivity index (χ4v) is 5.62. The second kappa shape index (κ2) is 10.2. The van der Waals surface area contributed by atoms with Gasteiger partial charge in [-0.3, -0.25) is 4.57 Å². The molecule has 2 aliphatic rings. The van der Waals surface area contributed by atoms with Crippen LogP contribution in [-0.4, -0.2) is 73.5 Å². The summed E-state index contributed by atoms with van der Waals surface area (Å²) in [7, 11) is -2.07. The largest absolute Gasteiger partial charge is 0.385 e. The van der Waals surface area contributed by atoms with Crippen LogP contribution in [0.1, 0.15) is 32.1 Å². The molecule has 2 fully saturated rings. The van der Waals surface area contributed by atoms with Crippen molar-refractivity contribution < 1.29 is 42.8 Å². The number of rotatable bonds is 9. The van der Waals surface area contributed by atoms with Crippen LogP contribution in [0.4, 0.5) is 0 Å². The lowest BCUT2D eigenvalue weighted by Gasteiger charge is -2.52. The van der Waals surface area contributed by atoms with Gasteiger partial charge in [0, 0.05) is 12.7 Å². The highest BCUT2D eigenvalue weighted by molar-refractivity contribution is 7.53. The van der Waals surface area contributed by atoms with Gasteiger partial charge in [0.05, 0.1) is 26.0 Å². The minimum Gasteiger partial charge on any atom is -0.385 e. The monoisotopic (exact) mass is 446 g/mol. The summed E-state index contributed by atoms with van der Waals surface area (Å²) >= 11 is 0. The molecule has 0 aromatic heterocycles. The van der Waals surface area contributed by atoms with E-state index in [0.29, 0.717) is 0 Å². The number of methoxy groups -OCH3 is 1. The SMILES string of the molecule is CCOP(=O)(CCC1(O)C(O)[C@@H](OC)OC2COC(c3ccccc3)O[C@H]21)OCC. The Balaban J connectivity index is 1.84. The zero-order chi connectivity index (χ0) is 21.8. The molecule has 1 aromatic rings. The molecule has 2 saturated heterocycles. The van der Waals surface area contributed by atoms with Crippen LogP contribution in [0.15, 0.2) is 30.3 Å². The minimum absolute atomic E-state index is 0.0951. The van der Waals surface area contributed by atoms with Crippen molar-refractivity contribution in [1.29, 1.82) is 0 Å². The third kappa shape index (κ3) is 4.96.